The summed E-state index contributed by atoms with van der Waals surface area (Å²) in [6.45, 7) is 1.66. The third-order valence-electron chi connectivity index (χ3n) is 6.06. The van der Waals surface area contributed by atoms with Gasteiger partial charge in [-0.3, -0.25) is 9.59 Å². The minimum atomic E-state index is -0.104. The SMILES string of the molecule is CC(=O)CC[C@H]1CSC[C@H]2CCCC[C@@H]2CSC[C@@H](C(=O)CN)CCC1=O. The molecule has 2 fully saturated rings. The van der Waals surface area contributed by atoms with Gasteiger partial charge >= 0.3 is 0 Å². The van der Waals surface area contributed by atoms with Gasteiger partial charge in [0, 0.05) is 36.2 Å². The maximum atomic E-state index is 12.8. The van der Waals surface area contributed by atoms with Crippen LogP contribution in [0.4, 0.5) is 0 Å². The Balaban J connectivity index is 2.07. The lowest BCUT2D eigenvalue weighted by molar-refractivity contribution is -0.124. The highest BCUT2D eigenvalue weighted by Crippen LogP contribution is 2.36. The van der Waals surface area contributed by atoms with Crippen LogP contribution >= 0.6 is 23.5 Å². The number of thioether (sulfide) groups is 2. The van der Waals surface area contributed by atoms with E-state index in [4.69, 9.17) is 5.73 Å². The van der Waals surface area contributed by atoms with E-state index in [1.807, 2.05) is 23.5 Å². The fourth-order valence-corrected chi connectivity index (χ4v) is 7.22. The average molecular weight is 414 g/mol. The molecule has 2 rings (SSSR count). The Labute approximate surface area is 172 Å². The molecule has 1 saturated heterocycles. The van der Waals surface area contributed by atoms with Gasteiger partial charge in [-0.2, -0.15) is 23.5 Å². The molecule has 2 N–H and O–H groups in total. The van der Waals surface area contributed by atoms with Crippen LogP contribution in [-0.4, -0.2) is 46.9 Å². The van der Waals surface area contributed by atoms with Crippen molar-refractivity contribution in [3.05, 3.63) is 0 Å². The molecular formula is C21H35NO3S2. The zero-order chi connectivity index (χ0) is 19.6. The van der Waals surface area contributed by atoms with Gasteiger partial charge in [-0.15, -0.1) is 0 Å². The number of Topliss-reactive ketones (excluding diaryl/α,β-unsaturated/α-hetero) is 3. The van der Waals surface area contributed by atoms with E-state index in [0.717, 1.165) is 34.8 Å². The molecule has 1 heterocycles. The third kappa shape index (κ3) is 7.90. The van der Waals surface area contributed by atoms with Crippen molar-refractivity contribution in [2.75, 3.05) is 29.6 Å². The van der Waals surface area contributed by atoms with E-state index in [-0.39, 0.29) is 35.7 Å². The molecule has 0 amide bonds. The first-order valence-corrected chi connectivity index (χ1v) is 12.7. The number of carbonyl (C=O) groups excluding carboxylic acids is 3. The van der Waals surface area contributed by atoms with E-state index in [1.54, 1.807) is 6.92 Å². The van der Waals surface area contributed by atoms with Crippen molar-refractivity contribution in [3.8, 4) is 0 Å². The maximum Gasteiger partial charge on any atom is 0.150 e. The highest BCUT2D eigenvalue weighted by atomic mass is 32.2. The molecule has 27 heavy (non-hydrogen) atoms. The molecule has 0 radical (unpaired) electrons. The highest BCUT2D eigenvalue weighted by Gasteiger charge is 2.28. The lowest BCUT2D eigenvalue weighted by atomic mass is 9.81. The van der Waals surface area contributed by atoms with Gasteiger partial charge in [0.15, 0.2) is 0 Å². The van der Waals surface area contributed by atoms with Gasteiger partial charge in [-0.05, 0) is 55.9 Å². The smallest absolute Gasteiger partial charge is 0.150 e. The van der Waals surface area contributed by atoms with Gasteiger partial charge in [0.25, 0.3) is 0 Å². The van der Waals surface area contributed by atoms with Crippen LogP contribution in [0.25, 0.3) is 0 Å². The van der Waals surface area contributed by atoms with Crippen LogP contribution in [0.15, 0.2) is 0 Å². The van der Waals surface area contributed by atoms with Crippen LogP contribution in [0, 0.1) is 23.7 Å². The van der Waals surface area contributed by atoms with Crippen LogP contribution in [0.2, 0.25) is 0 Å². The summed E-state index contributed by atoms with van der Waals surface area (Å²) in [4.78, 5) is 36.4. The summed E-state index contributed by atoms with van der Waals surface area (Å²) in [5.74, 6) is 5.62. The van der Waals surface area contributed by atoms with E-state index in [0.29, 0.717) is 25.7 Å². The van der Waals surface area contributed by atoms with E-state index < -0.39 is 0 Å². The van der Waals surface area contributed by atoms with Crippen molar-refractivity contribution in [1.82, 2.24) is 0 Å². The number of carbonyl (C=O) groups is 3. The van der Waals surface area contributed by atoms with Gasteiger partial charge < -0.3 is 10.5 Å². The average Bonchev–Trinajstić information content (AvgIpc) is 2.67. The lowest BCUT2D eigenvalue weighted by Crippen LogP contribution is -2.27. The molecule has 0 spiro atoms. The van der Waals surface area contributed by atoms with Crippen molar-refractivity contribution in [2.24, 2.45) is 29.4 Å². The van der Waals surface area contributed by atoms with Crippen molar-refractivity contribution in [2.45, 2.75) is 58.3 Å². The zero-order valence-corrected chi connectivity index (χ0v) is 18.3. The molecule has 0 aromatic carbocycles. The van der Waals surface area contributed by atoms with Crippen LogP contribution in [0.5, 0.6) is 0 Å². The normalized spacial score (nSPS) is 31.1. The topological polar surface area (TPSA) is 77.2 Å². The summed E-state index contributed by atoms with van der Waals surface area (Å²) in [7, 11) is 0. The van der Waals surface area contributed by atoms with Gasteiger partial charge in [-0.25, -0.2) is 0 Å². The summed E-state index contributed by atoms with van der Waals surface area (Å²) in [5, 5.41) is 0. The fourth-order valence-electron chi connectivity index (χ4n) is 4.19. The zero-order valence-electron chi connectivity index (χ0n) is 16.6. The third-order valence-corrected chi connectivity index (χ3v) is 8.67. The Morgan fingerprint density at radius 2 is 1.63 bits per heavy atom. The summed E-state index contributed by atoms with van der Waals surface area (Å²) < 4.78 is 0. The molecule has 0 bridgehead atoms. The van der Waals surface area contributed by atoms with E-state index in [9.17, 15) is 14.4 Å². The molecule has 0 aromatic rings. The van der Waals surface area contributed by atoms with Gasteiger partial charge in [0.2, 0.25) is 0 Å². The number of hydrogen-bond donors (Lipinski definition) is 1. The first-order valence-electron chi connectivity index (χ1n) is 10.4. The Morgan fingerprint density at radius 1 is 1.00 bits per heavy atom. The molecule has 0 unspecified atom stereocenters. The fraction of sp³-hybridized carbons (Fsp3) is 0.857. The minimum Gasteiger partial charge on any atom is -0.324 e. The molecule has 0 aromatic heterocycles. The summed E-state index contributed by atoms with van der Waals surface area (Å²) in [5.41, 5.74) is 5.61. The molecule has 154 valence electrons. The highest BCUT2D eigenvalue weighted by molar-refractivity contribution is 7.99. The Kier molecular flexibility index (Phi) is 10.4. The van der Waals surface area contributed by atoms with Crippen molar-refractivity contribution in [3.63, 3.8) is 0 Å². The number of rotatable bonds is 5. The summed E-state index contributed by atoms with van der Waals surface area (Å²) in [6.07, 6.45) is 7.38. The van der Waals surface area contributed by atoms with Gasteiger partial charge in [0.1, 0.15) is 17.3 Å². The quantitative estimate of drug-likeness (QED) is 0.739. The van der Waals surface area contributed by atoms with Gasteiger partial charge in [0.05, 0.1) is 6.54 Å². The molecular weight excluding hydrogens is 378 g/mol. The predicted molar refractivity (Wildman–Crippen MR) is 115 cm³/mol. The van der Waals surface area contributed by atoms with E-state index in [2.05, 4.69) is 0 Å². The molecule has 4 nitrogen and oxygen atoms in total. The largest absolute Gasteiger partial charge is 0.324 e. The number of nitrogens with two attached hydrogens (primary N) is 1. The maximum absolute atomic E-state index is 12.8. The van der Waals surface area contributed by atoms with Gasteiger partial charge in [-0.1, -0.05) is 12.8 Å². The van der Waals surface area contributed by atoms with Crippen molar-refractivity contribution < 1.29 is 14.4 Å². The Bertz CT molecular complexity index is 512. The first kappa shape index (κ1) is 23.0. The molecule has 4 atom stereocenters. The first-order chi connectivity index (χ1) is 13.0. The standard InChI is InChI=1S/C21H35NO3S2/c1-15(23)6-7-18-13-26-11-16-4-2-3-5-17(16)12-27-14-19(21(25)10-22)8-9-20(18)24/h16-19H,2-14,22H2,1H3/t16-,17-,18+,19+/m1/s1. The molecule has 1 aliphatic heterocycles. The van der Waals surface area contributed by atoms with Crippen LogP contribution in [0.1, 0.15) is 58.3 Å². The molecule has 6 heteroatoms. The Morgan fingerprint density at radius 3 is 2.22 bits per heavy atom. The van der Waals surface area contributed by atoms with Crippen LogP contribution in [-0.2, 0) is 14.4 Å². The Hall–Kier alpha value is -0.330. The van der Waals surface area contributed by atoms with E-state index >= 15 is 0 Å². The van der Waals surface area contributed by atoms with Crippen molar-refractivity contribution >= 4 is 40.9 Å². The molecule has 2 aliphatic rings. The second-order valence-electron chi connectivity index (χ2n) is 8.19. The summed E-state index contributed by atoms with van der Waals surface area (Å²) in [6, 6.07) is 0. The van der Waals surface area contributed by atoms with E-state index in [1.165, 1.54) is 25.7 Å². The number of ketones is 3. The minimum absolute atomic E-state index is 0.0528. The second-order valence-corrected chi connectivity index (χ2v) is 10.3. The molecule has 1 aliphatic carbocycles. The predicted octanol–water partition coefficient (Wildman–Crippen LogP) is 3.75. The summed E-state index contributed by atoms with van der Waals surface area (Å²) >= 11 is 3.79. The lowest BCUT2D eigenvalue weighted by Gasteiger charge is -2.31. The van der Waals surface area contributed by atoms with Crippen molar-refractivity contribution in [1.29, 1.82) is 0 Å². The monoisotopic (exact) mass is 413 g/mol. The number of hydrogen-bond acceptors (Lipinski definition) is 6. The van der Waals surface area contributed by atoms with Crippen LogP contribution < -0.4 is 5.73 Å². The van der Waals surface area contributed by atoms with Crippen LogP contribution in [0.3, 0.4) is 0 Å². The second kappa shape index (κ2) is 12.3. The molecule has 1 saturated carbocycles. The number of fused-ring (bicyclic) bond motifs is 1.